The lowest BCUT2D eigenvalue weighted by molar-refractivity contribution is -0.139. The zero-order valence-corrected chi connectivity index (χ0v) is 9.17. The van der Waals surface area contributed by atoms with Gasteiger partial charge in [0, 0.05) is 11.3 Å². The van der Waals surface area contributed by atoms with Crippen molar-refractivity contribution in [2.24, 2.45) is 0 Å². The molecule has 0 bridgehead atoms. The van der Waals surface area contributed by atoms with Crippen molar-refractivity contribution in [3.8, 4) is 0 Å². The van der Waals surface area contributed by atoms with E-state index in [0.717, 1.165) is 17.8 Å². The lowest BCUT2D eigenvalue weighted by Gasteiger charge is -1.95. The first-order chi connectivity index (χ1) is 7.20. The Hall–Kier alpha value is -1.23. The summed E-state index contributed by atoms with van der Waals surface area (Å²) >= 11 is 1.50. The van der Waals surface area contributed by atoms with Gasteiger partial charge in [0.25, 0.3) is 0 Å². The average molecular weight is 225 g/mol. The standard InChI is InChI=1S/C10H11NO3S/c1-14-9(13)4-8(12)7-5-15-10(11-7)6-2-3-6/h5-6H,2-4H2,1H3. The molecule has 1 aliphatic rings. The molecule has 1 heterocycles. The highest BCUT2D eigenvalue weighted by atomic mass is 32.1. The van der Waals surface area contributed by atoms with Gasteiger partial charge in [0.05, 0.1) is 12.1 Å². The van der Waals surface area contributed by atoms with Gasteiger partial charge in [0.15, 0.2) is 5.78 Å². The molecule has 1 aliphatic carbocycles. The van der Waals surface area contributed by atoms with Crippen LogP contribution >= 0.6 is 11.3 Å². The number of carbonyl (C=O) groups is 2. The van der Waals surface area contributed by atoms with Crippen LogP contribution in [0.5, 0.6) is 0 Å². The van der Waals surface area contributed by atoms with E-state index in [0.29, 0.717) is 11.6 Å². The molecule has 0 aromatic carbocycles. The minimum atomic E-state index is -0.513. The van der Waals surface area contributed by atoms with E-state index in [2.05, 4.69) is 9.72 Å². The second-order valence-electron chi connectivity index (χ2n) is 3.52. The maximum absolute atomic E-state index is 11.5. The number of hydrogen-bond donors (Lipinski definition) is 0. The van der Waals surface area contributed by atoms with Gasteiger partial charge in [-0.15, -0.1) is 11.3 Å². The summed E-state index contributed by atoms with van der Waals surface area (Å²) in [4.78, 5) is 26.6. The second-order valence-corrected chi connectivity index (χ2v) is 4.41. The molecule has 5 heteroatoms. The van der Waals surface area contributed by atoms with Gasteiger partial charge in [-0.05, 0) is 12.8 Å². The molecule has 2 rings (SSSR count). The zero-order chi connectivity index (χ0) is 10.8. The summed E-state index contributed by atoms with van der Waals surface area (Å²) in [7, 11) is 1.27. The Bertz CT molecular complexity index is 395. The molecule has 0 aliphatic heterocycles. The van der Waals surface area contributed by atoms with E-state index < -0.39 is 5.97 Å². The Morgan fingerprint density at radius 2 is 2.33 bits per heavy atom. The van der Waals surface area contributed by atoms with Crippen molar-refractivity contribution in [3.63, 3.8) is 0 Å². The Labute approximate surface area is 91.3 Å². The van der Waals surface area contributed by atoms with Crippen LogP contribution in [-0.2, 0) is 9.53 Å². The van der Waals surface area contributed by atoms with Gasteiger partial charge in [-0.2, -0.15) is 0 Å². The van der Waals surface area contributed by atoms with E-state index in [9.17, 15) is 9.59 Å². The summed E-state index contributed by atoms with van der Waals surface area (Å²) in [6, 6.07) is 0. The normalized spacial score (nSPS) is 15.0. The van der Waals surface area contributed by atoms with Gasteiger partial charge in [-0.25, -0.2) is 4.98 Å². The van der Waals surface area contributed by atoms with Crippen molar-refractivity contribution in [1.29, 1.82) is 0 Å². The number of hydrogen-bond acceptors (Lipinski definition) is 5. The Morgan fingerprint density at radius 1 is 1.60 bits per heavy atom. The number of methoxy groups -OCH3 is 1. The van der Waals surface area contributed by atoms with Gasteiger partial charge < -0.3 is 4.74 Å². The molecule has 0 spiro atoms. The smallest absolute Gasteiger partial charge is 0.313 e. The van der Waals surface area contributed by atoms with Crippen LogP contribution in [0.15, 0.2) is 5.38 Å². The monoisotopic (exact) mass is 225 g/mol. The fourth-order valence-electron chi connectivity index (χ4n) is 1.23. The molecule has 4 nitrogen and oxygen atoms in total. The largest absolute Gasteiger partial charge is 0.469 e. The molecule has 0 saturated heterocycles. The Morgan fingerprint density at radius 3 is 2.93 bits per heavy atom. The maximum Gasteiger partial charge on any atom is 0.313 e. The number of nitrogens with zero attached hydrogens (tertiary/aromatic N) is 1. The van der Waals surface area contributed by atoms with Crippen molar-refractivity contribution in [2.45, 2.75) is 25.2 Å². The predicted molar refractivity (Wildman–Crippen MR) is 55.1 cm³/mol. The summed E-state index contributed by atoms with van der Waals surface area (Å²) in [5.41, 5.74) is 0.396. The molecule has 0 N–H and O–H groups in total. The molecular formula is C10H11NO3S. The van der Waals surface area contributed by atoms with E-state index >= 15 is 0 Å². The first-order valence-corrected chi connectivity index (χ1v) is 5.64. The highest BCUT2D eigenvalue weighted by Crippen LogP contribution is 2.41. The third-order valence-corrected chi connectivity index (χ3v) is 3.27. The Balaban J connectivity index is 2.01. The van der Waals surface area contributed by atoms with Gasteiger partial charge in [0.2, 0.25) is 0 Å². The lowest BCUT2D eigenvalue weighted by atomic mass is 10.2. The van der Waals surface area contributed by atoms with Crippen molar-refractivity contribution in [2.75, 3.05) is 7.11 Å². The number of ketones is 1. The van der Waals surface area contributed by atoms with Crippen LogP contribution in [0, 0.1) is 0 Å². The van der Waals surface area contributed by atoms with Crippen LogP contribution in [0.4, 0.5) is 0 Å². The van der Waals surface area contributed by atoms with E-state index in [4.69, 9.17) is 0 Å². The van der Waals surface area contributed by atoms with Crippen LogP contribution in [0.25, 0.3) is 0 Å². The number of thiazole rings is 1. The molecule has 0 amide bonds. The van der Waals surface area contributed by atoms with Gasteiger partial charge >= 0.3 is 5.97 Å². The number of aromatic nitrogens is 1. The molecule has 15 heavy (non-hydrogen) atoms. The highest BCUT2D eigenvalue weighted by molar-refractivity contribution is 7.10. The zero-order valence-electron chi connectivity index (χ0n) is 8.36. The molecule has 0 atom stereocenters. The molecular weight excluding hydrogens is 214 g/mol. The van der Waals surface area contributed by atoms with Crippen LogP contribution in [0.1, 0.15) is 40.7 Å². The van der Waals surface area contributed by atoms with Crippen molar-refractivity contribution in [3.05, 3.63) is 16.1 Å². The molecule has 80 valence electrons. The first-order valence-electron chi connectivity index (χ1n) is 4.76. The van der Waals surface area contributed by atoms with E-state index in [1.54, 1.807) is 5.38 Å². The fourth-order valence-corrected chi connectivity index (χ4v) is 2.22. The first kappa shape index (κ1) is 10.3. The number of carbonyl (C=O) groups excluding carboxylic acids is 2. The summed E-state index contributed by atoms with van der Waals surface area (Å²) in [5.74, 6) is -0.222. The quantitative estimate of drug-likeness (QED) is 0.445. The van der Waals surface area contributed by atoms with Crippen molar-refractivity contribution in [1.82, 2.24) is 4.98 Å². The minimum absolute atomic E-state index is 0.218. The molecule has 0 unspecified atom stereocenters. The fraction of sp³-hybridized carbons (Fsp3) is 0.500. The molecule has 1 fully saturated rings. The number of Topliss-reactive ketones (excluding diaryl/α,β-unsaturated/α-hetero) is 1. The predicted octanol–water partition coefficient (Wildman–Crippen LogP) is 1.77. The van der Waals surface area contributed by atoms with Crippen LogP contribution in [-0.4, -0.2) is 23.8 Å². The van der Waals surface area contributed by atoms with E-state index in [-0.39, 0.29) is 12.2 Å². The van der Waals surface area contributed by atoms with Gasteiger partial charge in [-0.1, -0.05) is 0 Å². The lowest BCUT2D eigenvalue weighted by Crippen LogP contribution is -2.09. The number of ether oxygens (including phenoxy) is 1. The van der Waals surface area contributed by atoms with Gasteiger partial charge in [-0.3, -0.25) is 9.59 Å². The topological polar surface area (TPSA) is 56.3 Å². The van der Waals surface area contributed by atoms with Crippen molar-refractivity contribution < 1.29 is 14.3 Å². The minimum Gasteiger partial charge on any atom is -0.469 e. The number of esters is 1. The van der Waals surface area contributed by atoms with Gasteiger partial charge in [0.1, 0.15) is 12.1 Å². The summed E-state index contributed by atoms with van der Waals surface area (Å²) in [5, 5.41) is 2.74. The highest BCUT2D eigenvalue weighted by Gasteiger charge is 2.27. The third kappa shape index (κ3) is 2.41. The maximum atomic E-state index is 11.5. The molecule has 0 radical (unpaired) electrons. The van der Waals surface area contributed by atoms with Crippen LogP contribution in [0.3, 0.4) is 0 Å². The van der Waals surface area contributed by atoms with E-state index in [1.165, 1.54) is 18.4 Å². The summed E-state index contributed by atoms with van der Waals surface area (Å²) < 4.78 is 4.42. The van der Waals surface area contributed by atoms with Crippen LogP contribution < -0.4 is 0 Å². The number of rotatable bonds is 4. The second kappa shape index (κ2) is 4.10. The van der Waals surface area contributed by atoms with E-state index in [1.807, 2.05) is 0 Å². The Kier molecular flexibility index (Phi) is 2.81. The molecule has 1 saturated carbocycles. The van der Waals surface area contributed by atoms with Crippen molar-refractivity contribution >= 4 is 23.1 Å². The summed E-state index contributed by atoms with van der Waals surface area (Å²) in [6.07, 6.45) is 2.11. The third-order valence-electron chi connectivity index (χ3n) is 2.27. The molecule has 1 aromatic rings. The summed E-state index contributed by atoms with van der Waals surface area (Å²) in [6.45, 7) is 0. The molecule has 1 aromatic heterocycles. The van der Waals surface area contributed by atoms with Crippen LogP contribution in [0.2, 0.25) is 0 Å². The average Bonchev–Trinajstić information content (AvgIpc) is 2.96. The SMILES string of the molecule is COC(=O)CC(=O)c1csc(C2CC2)n1.